The summed E-state index contributed by atoms with van der Waals surface area (Å²) < 4.78 is 13.8. The number of allylic oxidation sites excluding steroid dienone is 1. The molecule has 1 unspecified atom stereocenters. The largest absolute Gasteiger partial charge is 0.365 e. The fraction of sp³-hybridized carbons (Fsp3) is 0.524. The number of hydrogen-bond acceptors (Lipinski definition) is 2. The minimum absolute atomic E-state index is 0.148. The zero-order chi connectivity index (χ0) is 17.6. The maximum atomic E-state index is 13.8. The summed E-state index contributed by atoms with van der Waals surface area (Å²) in [5, 5.41) is 4.43. The van der Waals surface area contributed by atoms with E-state index in [4.69, 9.17) is 0 Å². The van der Waals surface area contributed by atoms with E-state index in [1.54, 1.807) is 17.7 Å². The number of benzene rings is 1. The van der Waals surface area contributed by atoms with Crippen molar-refractivity contribution in [3.63, 3.8) is 0 Å². The van der Waals surface area contributed by atoms with E-state index in [2.05, 4.69) is 29.0 Å². The van der Waals surface area contributed by atoms with Gasteiger partial charge in [0, 0.05) is 35.4 Å². The second-order valence-corrected chi connectivity index (χ2v) is 7.77. The van der Waals surface area contributed by atoms with Crippen LogP contribution in [0, 0.1) is 11.7 Å². The molecule has 2 N–H and O–H groups in total. The first kappa shape index (κ1) is 16.6. The molecule has 0 amide bonds. The molecule has 1 aliphatic heterocycles. The third-order valence-corrected chi connectivity index (χ3v) is 5.82. The lowest BCUT2D eigenvalue weighted by Gasteiger charge is -2.43. The number of likely N-dealkylation sites (N-methyl/N-ethyl adjacent to an activating group) is 1. The third-order valence-electron chi connectivity index (χ3n) is 5.82. The average Bonchev–Trinajstić information content (AvgIpc) is 2.89. The standard InChI is InChI=1S/C21H28FN3/c1-13(2)21-20-16(17-11-15(22)7-8-18(17)24-20)9-10-25(21)19(12-23-3)14-5-4-6-14/h7-8,11,13,21,23-24H,4-6,9-10,12H2,1-3H3. The highest BCUT2D eigenvalue weighted by Gasteiger charge is 2.34. The first-order valence-corrected chi connectivity index (χ1v) is 9.52. The van der Waals surface area contributed by atoms with E-state index in [1.165, 1.54) is 36.2 Å². The third kappa shape index (κ3) is 2.77. The average molecular weight is 341 g/mol. The minimum atomic E-state index is -0.148. The summed E-state index contributed by atoms with van der Waals surface area (Å²) in [7, 11) is 2.03. The maximum absolute atomic E-state index is 13.8. The van der Waals surface area contributed by atoms with Gasteiger partial charge in [-0.3, -0.25) is 0 Å². The molecule has 1 aromatic carbocycles. The molecular weight excluding hydrogens is 313 g/mol. The van der Waals surface area contributed by atoms with Crippen LogP contribution in [0.2, 0.25) is 0 Å². The molecule has 1 saturated carbocycles. The molecule has 2 aromatic rings. The van der Waals surface area contributed by atoms with Gasteiger partial charge in [0.05, 0.1) is 6.04 Å². The number of fused-ring (bicyclic) bond motifs is 3. The molecule has 1 aliphatic carbocycles. The van der Waals surface area contributed by atoms with Crippen LogP contribution in [-0.2, 0) is 6.42 Å². The van der Waals surface area contributed by atoms with Crippen molar-refractivity contribution in [2.45, 2.75) is 45.6 Å². The van der Waals surface area contributed by atoms with E-state index in [0.717, 1.165) is 30.4 Å². The number of hydrogen-bond donors (Lipinski definition) is 2. The molecule has 1 atom stereocenters. The molecule has 25 heavy (non-hydrogen) atoms. The molecule has 4 heteroatoms. The van der Waals surface area contributed by atoms with Crippen molar-refractivity contribution >= 4 is 10.9 Å². The highest BCUT2D eigenvalue weighted by Crippen LogP contribution is 2.42. The van der Waals surface area contributed by atoms with E-state index >= 15 is 0 Å². The van der Waals surface area contributed by atoms with Gasteiger partial charge in [0.15, 0.2) is 0 Å². The number of aromatic amines is 1. The fourth-order valence-electron chi connectivity index (χ4n) is 4.53. The smallest absolute Gasteiger partial charge is 0.123 e. The van der Waals surface area contributed by atoms with Gasteiger partial charge in [-0.05, 0) is 68.0 Å². The summed E-state index contributed by atoms with van der Waals surface area (Å²) >= 11 is 0. The van der Waals surface area contributed by atoms with Gasteiger partial charge in [-0.2, -0.15) is 0 Å². The van der Waals surface area contributed by atoms with Crippen LogP contribution in [0.25, 0.3) is 10.9 Å². The van der Waals surface area contributed by atoms with Crippen LogP contribution in [0.1, 0.15) is 50.4 Å². The van der Waals surface area contributed by atoms with Crippen molar-refractivity contribution in [1.82, 2.24) is 15.2 Å². The zero-order valence-electron chi connectivity index (χ0n) is 15.5. The summed E-state index contributed by atoms with van der Waals surface area (Å²) in [6, 6.07) is 5.45. The summed E-state index contributed by atoms with van der Waals surface area (Å²) in [6.07, 6.45) is 4.77. The van der Waals surface area contributed by atoms with Crippen LogP contribution in [-0.4, -0.2) is 30.0 Å². The first-order valence-electron chi connectivity index (χ1n) is 9.52. The molecule has 0 saturated heterocycles. The van der Waals surface area contributed by atoms with Crippen molar-refractivity contribution in [3.8, 4) is 0 Å². The Hall–Kier alpha value is -1.81. The van der Waals surface area contributed by atoms with Gasteiger partial charge < -0.3 is 15.2 Å². The fourth-order valence-corrected chi connectivity index (χ4v) is 4.53. The van der Waals surface area contributed by atoms with Crippen LogP contribution in [0.5, 0.6) is 0 Å². The van der Waals surface area contributed by atoms with Crippen LogP contribution in [0.4, 0.5) is 4.39 Å². The number of nitrogens with zero attached hydrogens (tertiary/aromatic N) is 1. The Morgan fingerprint density at radius 1 is 1.32 bits per heavy atom. The molecule has 0 bridgehead atoms. The highest BCUT2D eigenvalue weighted by molar-refractivity contribution is 5.85. The molecular formula is C21H28FN3. The Balaban J connectivity index is 1.81. The molecule has 2 aliphatic rings. The molecule has 2 heterocycles. The monoisotopic (exact) mass is 341 g/mol. The van der Waals surface area contributed by atoms with Crippen LogP contribution >= 0.6 is 0 Å². The van der Waals surface area contributed by atoms with E-state index < -0.39 is 0 Å². The van der Waals surface area contributed by atoms with Gasteiger partial charge in [0.2, 0.25) is 0 Å². The normalized spacial score (nSPS) is 20.1. The highest BCUT2D eigenvalue weighted by atomic mass is 19.1. The molecule has 0 radical (unpaired) electrons. The lowest BCUT2D eigenvalue weighted by atomic mass is 9.86. The topological polar surface area (TPSA) is 31.1 Å². The summed E-state index contributed by atoms with van der Waals surface area (Å²) in [4.78, 5) is 6.24. The number of rotatable bonds is 4. The Morgan fingerprint density at radius 2 is 2.12 bits per heavy atom. The number of aromatic nitrogens is 1. The van der Waals surface area contributed by atoms with Gasteiger partial charge >= 0.3 is 0 Å². The Kier molecular flexibility index (Phi) is 4.32. The summed E-state index contributed by atoms with van der Waals surface area (Å²) in [5.74, 6) is 0.342. The number of halogens is 1. The van der Waals surface area contributed by atoms with Crippen molar-refractivity contribution < 1.29 is 4.39 Å². The van der Waals surface area contributed by atoms with Gasteiger partial charge in [-0.25, -0.2) is 4.39 Å². The predicted molar refractivity (Wildman–Crippen MR) is 101 cm³/mol. The van der Waals surface area contributed by atoms with Crippen molar-refractivity contribution in [2.24, 2.45) is 5.92 Å². The van der Waals surface area contributed by atoms with Crippen molar-refractivity contribution in [3.05, 3.63) is 46.5 Å². The van der Waals surface area contributed by atoms with Crippen molar-refractivity contribution in [2.75, 3.05) is 20.1 Å². The van der Waals surface area contributed by atoms with E-state index in [9.17, 15) is 4.39 Å². The Morgan fingerprint density at radius 3 is 2.76 bits per heavy atom. The Bertz CT molecular complexity index is 812. The Labute approximate surface area is 149 Å². The lowest BCUT2D eigenvalue weighted by molar-refractivity contribution is 0.178. The molecule has 3 nitrogen and oxygen atoms in total. The SMILES string of the molecule is CNCC(=C1CCC1)N1CCc2c([nH]c3ccc(F)cc23)C1C(C)C. The van der Waals surface area contributed by atoms with E-state index in [1.807, 2.05) is 13.1 Å². The maximum Gasteiger partial charge on any atom is 0.123 e. The second-order valence-electron chi connectivity index (χ2n) is 7.77. The van der Waals surface area contributed by atoms with Gasteiger partial charge in [0.25, 0.3) is 0 Å². The molecule has 4 rings (SSSR count). The first-order chi connectivity index (χ1) is 12.1. The van der Waals surface area contributed by atoms with Gasteiger partial charge in [0.1, 0.15) is 5.82 Å². The molecule has 134 valence electrons. The van der Waals surface area contributed by atoms with Crippen molar-refractivity contribution in [1.29, 1.82) is 0 Å². The predicted octanol–water partition coefficient (Wildman–Crippen LogP) is 4.52. The van der Waals surface area contributed by atoms with Gasteiger partial charge in [-0.15, -0.1) is 0 Å². The molecule has 1 fully saturated rings. The molecule has 0 spiro atoms. The minimum Gasteiger partial charge on any atom is -0.365 e. The van der Waals surface area contributed by atoms with Crippen LogP contribution in [0.3, 0.4) is 0 Å². The molecule has 1 aromatic heterocycles. The van der Waals surface area contributed by atoms with E-state index in [-0.39, 0.29) is 5.82 Å². The summed E-state index contributed by atoms with van der Waals surface area (Å²) in [6.45, 7) is 6.53. The summed E-state index contributed by atoms with van der Waals surface area (Å²) in [5.41, 5.74) is 6.76. The lowest BCUT2D eigenvalue weighted by Crippen LogP contribution is -2.41. The number of H-pyrrole nitrogens is 1. The quantitative estimate of drug-likeness (QED) is 0.857. The zero-order valence-corrected chi connectivity index (χ0v) is 15.5. The van der Waals surface area contributed by atoms with Gasteiger partial charge in [-0.1, -0.05) is 13.8 Å². The van der Waals surface area contributed by atoms with Crippen LogP contribution in [0.15, 0.2) is 29.5 Å². The van der Waals surface area contributed by atoms with E-state index in [0.29, 0.717) is 12.0 Å². The number of nitrogens with one attached hydrogen (secondary N) is 2. The van der Waals surface area contributed by atoms with Crippen LogP contribution < -0.4 is 5.32 Å². The second kappa shape index (κ2) is 6.49.